The fraction of sp³-hybridized carbons (Fsp3) is 0.0714. The number of aromatic carboxylic acids is 1. The fourth-order valence-electron chi connectivity index (χ4n) is 1.74. The van der Waals surface area contributed by atoms with Crippen molar-refractivity contribution >= 4 is 28.9 Å². The first kappa shape index (κ1) is 14.8. The van der Waals surface area contributed by atoms with Crippen molar-refractivity contribution in [1.29, 1.82) is 0 Å². The maximum absolute atomic E-state index is 10.8. The fourth-order valence-corrected chi connectivity index (χ4v) is 2.00. The molecule has 0 saturated carbocycles. The Morgan fingerprint density at radius 1 is 1.24 bits per heavy atom. The molecule has 2 rings (SSSR count). The third-order valence-corrected chi connectivity index (χ3v) is 3.16. The number of nitrogens with zero attached hydrogens (tertiary/aromatic N) is 1. The topological polar surface area (TPSA) is 92.5 Å². The van der Waals surface area contributed by atoms with E-state index in [2.05, 4.69) is 5.32 Å². The Hall–Kier alpha value is -2.60. The van der Waals surface area contributed by atoms with Crippen molar-refractivity contribution in [2.75, 3.05) is 5.32 Å². The van der Waals surface area contributed by atoms with E-state index in [0.29, 0.717) is 12.2 Å². The molecule has 0 bridgehead atoms. The number of anilines is 1. The third kappa shape index (κ3) is 3.70. The smallest absolute Gasteiger partial charge is 0.337 e. The zero-order valence-electron chi connectivity index (χ0n) is 10.7. The van der Waals surface area contributed by atoms with E-state index in [1.807, 2.05) is 0 Å². The third-order valence-electron chi connectivity index (χ3n) is 2.84. The number of carboxylic acids is 1. The molecule has 0 spiro atoms. The van der Waals surface area contributed by atoms with Gasteiger partial charge in [0.25, 0.3) is 5.69 Å². The molecule has 0 fully saturated rings. The summed E-state index contributed by atoms with van der Waals surface area (Å²) in [7, 11) is 0. The standard InChI is InChI=1S/C14H11ClN2O4/c15-13-7-10(3-6-12(13)14(18)19)16-8-9-1-4-11(5-2-9)17(20)21/h1-7,16H,8H2,(H,18,19). The minimum absolute atomic E-state index is 0.0348. The molecule has 21 heavy (non-hydrogen) atoms. The highest BCUT2D eigenvalue weighted by Crippen LogP contribution is 2.21. The molecule has 0 aromatic heterocycles. The second kappa shape index (κ2) is 6.23. The second-order valence-electron chi connectivity index (χ2n) is 4.28. The van der Waals surface area contributed by atoms with E-state index >= 15 is 0 Å². The summed E-state index contributed by atoms with van der Waals surface area (Å²) < 4.78 is 0. The number of non-ortho nitro benzene ring substituents is 1. The number of hydrogen-bond acceptors (Lipinski definition) is 4. The number of halogens is 1. The van der Waals surface area contributed by atoms with Crippen LogP contribution in [-0.2, 0) is 6.54 Å². The van der Waals surface area contributed by atoms with E-state index < -0.39 is 10.9 Å². The number of hydrogen-bond donors (Lipinski definition) is 2. The highest BCUT2D eigenvalue weighted by Gasteiger charge is 2.09. The monoisotopic (exact) mass is 306 g/mol. The lowest BCUT2D eigenvalue weighted by atomic mass is 10.2. The van der Waals surface area contributed by atoms with Crippen LogP contribution in [0.5, 0.6) is 0 Å². The molecule has 0 saturated heterocycles. The molecular weight excluding hydrogens is 296 g/mol. The van der Waals surface area contributed by atoms with Crippen molar-refractivity contribution in [3.63, 3.8) is 0 Å². The molecule has 2 aromatic carbocycles. The Kier molecular flexibility index (Phi) is 4.39. The predicted molar refractivity (Wildman–Crippen MR) is 78.8 cm³/mol. The number of carboxylic acid groups (broad SMARTS) is 1. The van der Waals surface area contributed by atoms with Gasteiger partial charge in [-0.1, -0.05) is 23.7 Å². The van der Waals surface area contributed by atoms with Gasteiger partial charge < -0.3 is 10.4 Å². The Balaban J connectivity index is 2.04. The first-order valence-electron chi connectivity index (χ1n) is 5.97. The number of nitro benzene ring substituents is 1. The minimum Gasteiger partial charge on any atom is -0.478 e. The van der Waals surface area contributed by atoms with Gasteiger partial charge in [-0.15, -0.1) is 0 Å². The van der Waals surface area contributed by atoms with E-state index in [9.17, 15) is 14.9 Å². The van der Waals surface area contributed by atoms with Gasteiger partial charge in [-0.2, -0.15) is 0 Å². The molecule has 2 N–H and O–H groups in total. The van der Waals surface area contributed by atoms with Crippen LogP contribution in [0.2, 0.25) is 5.02 Å². The molecule has 0 heterocycles. The minimum atomic E-state index is -1.08. The SMILES string of the molecule is O=C(O)c1ccc(NCc2ccc([N+](=O)[O-])cc2)cc1Cl. The van der Waals surface area contributed by atoms with Crippen molar-refractivity contribution in [3.05, 3.63) is 68.7 Å². The molecule has 0 radical (unpaired) electrons. The van der Waals surface area contributed by atoms with Crippen molar-refractivity contribution in [2.24, 2.45) is 0 Å². The van der Waals surface area contributed by atoms with Crippen LogP contribution < -0.4 is 5.32 Å². The molecule has 108 valence electrons. The maximum atomic E-state index is 10.8. The number of carbonyl (C=O) groups is 1. The molecule has 6 nitrogen and oxygen atoms in total. The van der Waals surface area contributed by atoms with Crippen LogP contribution in [0.4, 0.5) is 11.4 Å². The Labute approximate surface area is 125 Å². The molecule has 0 aliphatic carbocycles. The lowest BCUT2D eigenvalue weighted by Crippen LogP contribution is -2.02. The summed E-state index contributed by atoms with van der Waals surface area (Å²) in [5.41, 5.74) is 1.60. The average Bonchev–Trinajstić information content (AvgIpc) is 2.45. The number of nitro groups is 1. The van der Waals surface area contributed by atoms with Crippen molar-refractivity contribution < 1.29 is 14.8 Å². The van der Waals surface area contributed by atoms with E-state index in [1.165, 1.54) is 24.3 Å². The van der Waals surface area contributed by atoms with Gasteiger partial charge >= 0.3 is 5.97 Å². The molecule has 7 heteroatoms. The predicted octanol–water partition coefficient (Wildman–Crippen LogP) is 3.56. The highest BCUT2D eigenvalue weighted by molar-refractivity contribution is 6.33. The highest BCUT2D eigenvalue weighted by atomic mass is 35.5. The van der Waals surface area contributed by atoms with Gasteiger partial charge in [-0.3, -0.25) is 10.1 Å². The average molecular weight is 307 g/mol. The molecule has 0 atom stereocenters. The lowest BCUT2D eigenvalue weighted by molar-refractivity contribution is -0.384. The van der Waals surface area contributed by atoms with Gasteiger partial charge in [0.1, 0.15) is 0 Å². The van der Waals surface area contributed by atoms with Gasteiger partial charge in [0, 0.05) is 24.4 Å². The van der Waals surface area contributed by atoms with Gasteiger partial charge in [-0.05, 0) is 23.8 Å². The quantitative estimate of drug-likeness (QED) is 0.651. The van der Waals surface area contributed by atoms with Gasteiger partial charge in [0.15, 0.2) is 0 Å². The summed E-state index contributed by atoms with van der Waals surface area (Å²) in [5, 5.41) is 22.6. The summed E-state index contributed by atoms with van der Waals surface area (Å²) in [4.78, 5) is 20.9. The molecular formula is C14H11ClN2O4. The van der Waals surface area contributed by atoms with Crippen molar-refractivity contribution in [2.45, 2.75) is 6.54 Å². The summed E-state index contributed by atoms with van der Waals surface area (Å²) in [5.74, 6) is -1.08. The molecule has 0 aliphatic rings. The normalized spacial score (nSPS) is 10.1. The molecule has 0 amide bonds. The van der Waals surface area contributed by atoms with Crippen LogP contribution in [0.25, 0.3) is 0 Å². The number of nitrogens with one attached hydrogen (secondary N) is 1. The van der Waals surface area contributed by atoms with Gasteiger partial charge in [0.05, 0.1) is 15.5 Å². The van der Waals surface area contributed by atoms with E-state index in [0.717, 1.165) is 5.56 Å². The summed E-state index contributed by atoms with van der Waals surface area (Å²) in [6.07, 6.45) is 0. The molecule has 0 unspecified atom stereocenters. The van der Waals surface area contributed by atoms with Gasteiger partial charge in [-0.25, -0.2) is 4.79 Å². The summed E-state index contributed by atoms with van der Waals surface area (Å²) in [6.45, 7) is 0.445. The summed E-state index contributed by atoms with van der Waals surface area (Å²) in [6, 6.07) is 10.7. The van der Waals surface area contributed by atoms with Crippen LogP contribution in [0.15, 0.2) is 42.5 Å². The van der Waals surface area contributed by atoms with Crippen molar-refractivity contribution in [1.82, 2.24) is 0 Å². The first-order chi connectivity index (χ1) is 9.97. The lowest BCUT2D eigenvalue weighted by Gasteiger charge is -2.08. The van der Waals surface area contributed by atoms with E-state index in [-0.39, 0.29) is 16.3 Å². The zero-order chi connectivity index (χ0) is 15.4. The van der Waals surface area contributed by atoms with E-state index in [1.54, 1.807) is 18.2 Å². The van der Waals surface area contributed by atoms with Gasteiger partial charge in [0.2, 0.25) is 0 Å². The summed E-state index contributed by atoms with van der Waals surface area (Å²) >= 11 is 5.87. The van der Waals surface area contributed by atoms with Crippen LogP contribution >= 0.6 is 11.6 Å². The maximum Gasteiger partial charge on any atom is 0.337 e. The zero-order valence-corrected chi connectivity index (χ0v) is 11.5. The van der Waals surface area contributed by atoms with Crippen LogP contribution in [-0.4, -0.2) is 16.0 Å². The second-order valence-corrected chi connectivity index (χ2v) is 4.68. The Bertz CT molecular complexity index is 686. The van der Waals surface area contributed by atoms with Crippen LogP contribution in [0.1, 0.15) is 15.9 Å². The number of benzene rings is 2. The van der Waals surface area contributed by atoms with E-state index in [4.69, 9.17) is 16.7 Å². The first-order valence-corrected chi connectivity index (χ1v) is 6.35. The number of rotatable bonds is 5. The Morgan fingerprint density at radius 3 is 2.43 bits per heavy atom. The van der Waals surface area contributed by atoms with Crippen molar-refractivity contribution in [3.8, 4) is 0 Å². The van der Waals surface area contributed by atoms with Crippen LogP contribution in [0, 0.1) is 10.1 Å². The molecule has 0 aliphatic heterocycles. The Morgan fingerprint density at radius 2 is 1.90 bits per heavy atom. The molecule has 2 aromatic rings. The van der Waals surface area contributed by atoms with Crippen LogP contribution in [0.3, 0.4) is 0 Å². The largest absolute Gasteiger partial charge is 0.478 e.